The van der Waals surface area contributed by atoms with Crippen molar-refractivity contribution in [1.29, 1.82) is 5.26 Å². The first kappa shape index (κ1) is 16.6. The maximum atomic E-state index is 9.73. The van der Waals surface area contributed by atoms with Crippen LogP contribution in [0.4, 0.5) is 5.82 Å². The molecule has 0 radical (unpaired) electrons. The first-order valence-electron chi connectivity index (χ1n) is 8.91. The molecule has 1 fully saturated rings. The first-order valence-corrected chi connectivity index (χ1v) is 8.91. The van der Waals surface area contributed by atoms with E-state index in [9.17, 15) is 5.11 Å². The van der Waals surface area contributed by atoms with Crippen molar-refractivity contribution in [3.05, 3.63) is 48.3 Å². The van der Waals surface area contributed by atoms with Gasteiger partial charge in [-0.1, -0.05) is 6.07 Å². The van der Waals surface area contributed by atoms with Gasteiger partial charge in [0.25, 0.3) is 0 Å². The van der Waals surface area contributed by atoms with Crippen LogP contribution in [0, 0.1) is 11.3 Å². The van der Waals surface area contributed by atoms with Gasteiger partial charge in [-0.25, -0.2) is 9.50 Å². The highest BCUT2D eigenvalue weighted by molar-refractivity contribution is 5.79. The Hall–Kier alpha value is -2.91. The van der Waals surface area contributed by atoms with Crippen LogP contribution in [0.2, 0.25) is 0 Å². The van der Waals surface area contributed by atoms with E-state index in [4.69, 9.17) is 10.2 Å². The molecule has 1 aliphatic rings. The van der Waals surface area contributed by atoms with Crippen molar-refractivity contribution in [3.63, 3.8) is 0 Å². The lowest BCUT2D eigenvalue weighted by Gasteiger charge is -2.34. The van der Waals surface area contributed by atoms with E-state index >= 15 is 0 Å². The predicted molar refractivity (Wildman–Crippen MR) is 99.8 cm³/mol. The zero-order chi connectivity index (χ0) is 18.1. The Kier molecular flexibility index (Phi) is 4.31. The van der Waals surface area contributed by atoms with Gasteiger partial charge in [0.15, 0.2) is 0 Å². The van der Waals surface area contributed by atoms with Gasteiger partial charge in [0.05, 0.1) is 35.1 Å². The molecule has 0 saturated heterocycles. The minimum Gasteiger partial charge on any atom is -0.393 e. The van der Waals surface area contributed by atoms with E-state index in [1.54, 1.807) is 23.0 Å². The van der Waals surface area contributed by atoms with Crippen molar-refractivity contribution in [3.8, 4) is 17.3 Å². The fraction of sp³-hybridized carbons (Fsp3) is 0.350. The summed E-state index contributed by atoms with van der Waals surface area (Å²) < 4.78 is 1.76. The smallest absolute Gasteiger partial charge is 0.129 e. The second kappa shape index (κ2) is 6.77. The molecule has 0 amide bonds. The van der Waals surface area contributed by atoms with Gasteiger partial charge in [0.2, 0.25) is 0 Å². The van der Waals surface area contributed by atoms with Crippen molar-refractivity contribution < 1.29 is 5.11 Å². The Labute approximate surface area is 152 Å². The van der Waals surface area contributed by atoms with Gasteiger partial charge < -0.3 is 10.0 Å². The summed E-state index contributed by atoms with van der Waals surface area (Å²) in [6.07, 6.45) is 7.07. The lowest BCUT2D eigenvalue weighted by molar-refractivity contribution is 0.122. The summed E-state index contributed by atoms with van der Waals surface area (Å²) in [5.41, 5.74) is 3.23. The second-order valence-electron chi connectivity index (χ2n) is 6.87. The fourth-order valence-electron chi connectivity index (χ4n) is 3.65. The minimum absolute atomic E-state index is 0.160. The van der Waals surface area contributed by atoms with E-state index in [1.165, 1.54) is 0 Å². The number of hydrogen-bond acceptors (Lipinski definition) is 5. The zero-order valence-electron chi connectivity index (χ0n) is 14.7. The predicted octanol–water partition coefficient (Wildman–Crippen LogP) is 3.01. The van der Waals surface area contributed by atoms with Crippen molar-refractivity contribution in [2.75, 3.05) is 11.9 Å². The standard InChI is InChI=1S/C20H21N5O/c1-24(15-5-7-16(26)8-6-15)20-4-2-3-18(23-20)17-13-22-25-10-9-14(12-21)11-19(17)25/h2-4,9-11,13,15-16,26H,5-8H2,1H3/t15-,16-. The van der Waals surface area contributed by atoms with Gasteiger partial charge in [-0.05, 0) is 49.9 Å². The Morgan fingerprint density at radius 1 is 1.23 bits per heavy atom. The molecule has 1 N–H and O–H groups in total. The number of aromatic nitrogens is 3. The van der Waals surface area contributed by atoms with E-state index in [0.717, 1.165) is 48.3 Å². The first-order chi connectivity index (χ1) is 12.7. The summed E-state index contributed by atoms with van der Waals surface area (Å²) in [4.78, 5) is 7.05. The highest BCUT2D eigenvalue weighted by Gasteiger charge is 2.23. The van der Waals surface area contributed by atoms with Crippen molar-refractivity contribution in [2.45, 2.75) is 37.8 Å². The molecule has 1 aliphatic carbocycles. The van der Waals surface area contributed by atoms with Crippen LogP contribution in [-0.2, 0) is 0 Å². The summed E-state index contributed by atoms with van der Waals surface area (Å²) in [5.74, 6) is 0.916. The molecule has 26 heavy (non-hydrogen) atoms. The van der Waals surface area contributed by atoms with Crippen LogP contribution < -0.4 is 4.90 Å². The third kappa shape index (κ3) is 3.02. The van der Waals surface area contributed by atoms with Crippen LogP contribution in [0.3, 0.4) is 0 Å². The molecule has 6 nitrogen and oxygen atoms in total. The number of rotatable bonds is 3. The Balaban J connectivity index is 1.67. The molecule has 6 heteroatoms. The number of hydrogen-bond donors (Lipinski definition) is 1. The van der Waals surface area contributed by atoms with Gasteiger partial charge in [-0.15, -0.1) is 0 Å². The lowest BCUT2D eigenvalue weighted by Crippen LogP contribution is -2.36. The Morgan fingerprint density at radius 2 is 2.04 bits per heavy atom. The largest absolute Gasteiger partial charge is 0.393 e. The van der Waals surface area contributed by atoms with Crippen LogP contribution in [0.15, 0.2) is 42.7 Å². The van der Waals surface area contributed by atoms with E-state index in [2.05, 4.69) is 23.1 Å². The maximum absolute atomic E-state index is 9.73. The molecule has 0 aliphatic heterocycles. The molecular formula is C20H21N5O. The van der Waals surface area contributed by atoms with Gasteiger partial charge >= 0.3 is 0 Å². The van der Waals surface area contributed by atoms with E-state index in [0.29, 0.717) is 11.6 Å². The normalized spacial score (nSPS) is 20.0. The monoisotopic (exact) mass is 347 g/mol. The number of nitrogens with zero attached hydrogens (tertiary/aromatic N) is 5. The van der Waals surface area contributed by atoms with Gasteiger partial charge in [0, 0.05) is 24.8 Å². The molecule has 132 valence electrons. The summed E-state index contributed by atoms with van der Waals surface area (Å²) >= 11 is 0. The fourth-order valence-corrected chi connectivity index (χ4v) is 3.65. The molecule has 0 bridgehead atoms. The highest BCUT2D eigenvalue weighted by Crippen LogP contribution is 2.28. The molecule has 0 spiro atoms. The van der Waals surface area contributed by atoms with Gasteiger partial charge in [0.1, 0.15) is 5.82 Å². The Morgan fingerprint density at radius 3 is 2.81 bits per heavy atom. The average molecular weight is 347 g/mol. The number of anilines is 1. The molecule has 1 saturated carbocycles. The van der Waals surface area contributed by atoms with Gasteiger partial charge in [-0.2, -0.15) is 10.4 Å². The number of aliphatic hydroxyl groups excluding tert-OH is 1. The van der Waals surface area contributed by atoms with E-state index in [-0.39, 0.29) is 6.10 Å². The van der Waals surface area contributed by atoms with Gasteiger partial charge in [-0.3, -0.25) is 0 Å². The SMILES string of the molecule is CN(c1cccc(-c2cnn3ccc(C#N)cc23)n1)[C@H]1CC[C@H](O)CC1. The van der Waals surface area contributed by atoms with Crippen LogP contribution in [0.1, 0.15) is 31.2 Å². The molecule has 4 rings (SSSR count). The van der Waals surface area contributed by atoms with Crippen LogP contribution in [-0.4, -0.2) is 38.9 Å². The summed E-state index contributed by atoms with van der Waals surface area (Å²) in [5, 5.41) is 23.3. The average Bonchev–Trinajstić information content (AvgIpc) is 3.11. The number of fused-ring (bicyclic) bond motifs is 1. The highest BCUT2D eigenvalue weighted by atomic mass is 16.3. The molecule has 0 aromatic carbocycles. The summed E-state index contributed by atoms with van der Waals surface area (Å²) in [7, 11) is 2.07. The van der Waals surface area contributed by atoms with Crippen LogP contribution >= 0.6 is 0 Å². The lowest BCUT2D eigenvalue weighted by atomic mass is 9.92. The molecule has 3 aromatic heterocycles. The van der Waals surface area contributed by atoms with E-state index in [1.807, 2.05) is 24.3 Å². The van der Waals surface area contributed by atoms with Crippen molar-refractivity contribution in [1.82, 2.24) is 14.6 Å². The maximum Gasteiger partial charge on any atom is 0.129 e. The second-order valence-corrected chi connectivity index (χ2v) is 6.87. The quantitative estimate of drug-likeness (QED) is 0.788. The van der Waals surface area contributed by atoms with Crippen LogP contribution in [0.5, 0.6) is 0 Å². The number of aliphatic hydroxyl groups is 1. The number of nitriles is 1. The third-order valence-electron chi connectivity index (χ3n) is 5.24. The minimum atomic E-state index is -0.160. The van der Waals surface area contributed by atoms with Crippen molar-refractivity contribution >= 4 is 11.3 Å². The molecule has 3 heterocycles. The Bertz CT molecular complexity index is 966. The van der Waals surface area contributed by atoms with E-state index < -0.39 is 0 Å². The third-order valence-corrected chi connectivity index (χ3v) is 5.24. The molecule has 0 unspecified atom stereocenters. The number of pyridine rings is 2. The zero-order valence-corrected chi connectivity index (χ0v) is 14.7. The summed E-state index contributed by atoms with van der Waals surface area (Å²) in [6.45, 7) is 0. The molecular weight excluding hydrogens is 326 g/mol. The molecule has 3 aromatic rings. The molecule has 0 atom stereocenters. The topological polar surface area (TPSA) is 77.5 Å². The summed E-state index contributed by atoms with van der Waals surface area (Å²) in [6, 6.07) is 12.1. The van der Waals surface area contributed by atoms with Crippen LogP contribution in [0.25, 0.3) is 16.8 Å². The van der Waals surface area contributed by atoms with Crippen molar-refractivity contribution in [2.24, 2.45) is 0 Å².